The molecule has 0 aliphatic heterocycles. The molecule has 0 radical (unpaired) electrons. The molecule has 108 valence electrons. The van der Waals surface area contributed by atoms with Crippen molar-refractivity contribution in [3.05, 3.63) is 30.3 Å². The average molecular weight is 288 g/mol. The Labute approximate surface area is 120 Å². The van der Waals surface area contributed by atoms with E-state index in [0.29, 0.717) is 6.61 Å². The largest absolute Gasteiger partial charge is 0.492 e. The molecule has 0 aliphatic rings. The fourth-order valence-electron chi connectivity index (χ4n) is 1.61. The van der Waals surface area contributed by atoms with Gasteiger partial charge in [0.25, 0.3) is 0 Å². The van der Waals surface area contributed by atoms with Crippen molar-refractivity contribution in [3.8, 4) is 5.75 Å². The molecule has 1 aromatic carbocycles. The number of aliphatic carboxylic acids is 1. The van der Waals surface area contributed by atoms with Crippen LogP contribution in [0.15, 0.2) is 30.3 Å². The quantitative estimate of drug-likeness (QED) is 0.710. The number of benzene rings is 1. The van der Waals surface area contributed by atoms with Gasteiger partial charge < -0.3 is 14.7 Å². The summed E-state index contributed by atoms with van der Waals surface area (Å²) in [6, 6.07) is 9.73. The van der Waals surface area contributed by atoms with Gasteiger partial charge in [0.05, 0.1) is 0 Å². The smallest absolute Gasteiger partial charge is 0.303 e. The predicted octanol–water partition coefficient (Wildman–Crippen LogP) is 2.67. The zero-order valence-corrected chi connectivity index (χ0v) is 12.1. The number of carboxylic acid groups (broad SMARTS) is 1. The maximum Gasteiger partial charge on any atom is 0.303 e. The normalized spacial score (nSPS) is 10.0. The van der Waals surface area contributed by atoms with E-state index >= 15 is 0 Å². The van der Waals surface area contributed by atoms with Gasteiger partial charge in [-0.05, 0) is 38.6 Å². The highest BCUT2D eigenvalue weighted by Crippen LogP contribution is 2.07. The molecular weight excluding hydrogens is 266 g/mol. The fourth-order valence-corrected chi connectivity index (χ4v) is 1.61. The van der Waals surface area contributed by atoms with Crippen LogP contribution in [0.5, 0.6) is 5.75 Å². The zero-order chi connectivity index (χ0) is 13.2. The monoisotopic (exact) mass is 287 g/mol. The van der Waals surface area contributed by atoms with Gasteiger partial charge in [0.2, 0.25) is 0 Å². The van der Waals surface area contributed by atoms with Gasteiger partial charge in [-0.15, -0.1) is 12.4 Å². The second-order valence-corrected chi connectivity index (χ2v) is 4.32. The Bertz CT molecular complexity index is 346. The number of likely N-dealkylation sites (N-methyl/N-ethyl adjacent to an activating group) is 1. The number of hydrogen-bond donors (Lipinski definition) is 1. The molecular formula is C14H22ClNO3. The molecule has 0 unspecified atom stereocenters. The Morgan fingerprint density at radius 2 is 1.89 bits per heavy atom. The molecule has 1 aromatic rings. The maximum atomic E-state index is 10.3. The molecule has 0 spiro atoms. The van der Waals surface area contributed by atoms with Crippen molar-refractivity contribution in [3.63, 3.8) is 0 Å². The van der Waals surface area contributed by atoms with Gasteiger partial charge in [-0.25, -0.2) is 0 Å². The SMILES string of the molecule is CN(CCCCC(=O)O)CCOc1ccccc1.Cl. The lowest BCUT2D eigenvalue weighted by atomic mass is 10.2. The molecule has 1 rings (SSSR count). The van der Waals surface area contributed by atoms with Crippen LogP contribution >= 0.6 is 12.4 Å². The first-order valence-electron chi connectivity index (χ1n) is 6.26. The summed E-state index contributed by atoms with van der Waals surface area (Å²) in [6.45, 7) is 2.41. The van der Waals surface area contributed by atoms with E-state index in [0.717, 1.165) is 31.7 Å². The molecule has 19 heavy (non-hydrogen) atoms. The van der Waals surface area contributed by atoms with Crippen LogP contribution in [0.1, 0.15) is 19.3 Å². The van der Waals surface area contributed by atoms with Gasteiger partial charge in [0, 0.05) is 13.0 Å². The number of para-hydroxylation sites is 1. The standard InChI is InChI=1S/C14H21NO3.ClH/c1-15(10-6-5-9-14(16)17)11-12-18-13-7-3-2-4-8-13;/h2-4,7-8H,5-6,9-12H2,1H3,(H,16,17);1H. The Morgan fingerprint density at radius 3 is 2.53 bits per heavy atom. The van der Waals surface area contributed by atoms with E-state index in [1.807, 2.05) is 37.4 Å². The van der Waals surface area contributed by atoms with Crippen molar-refractivity contribution >= 4 is 18.4 Å². The number of hydrogen-bond acceptors (Lipinski definition) is 3. The maximum absolute atomic E-state index is 10.3. The Morgan fingerprint density at radius 1 is 1.21 bits per heavy atom. The van der Waals surface area contributed by atoms with Gasteiger partial charge >= 0.3 is 5.97 Å². The van der Waals surface area contributed by atoms with Gasteiger partial charge in [-0.2, -0.15) is 0 Å². The summed E-state index contributed by atoms with van der Waals surface area (Å²) in [5, 5.41) is 8.51. The van der Waals surface area contributed by atoms with Crippen LogP contribution in [0.4, 0.5) is 0 Å². The summed E-state index contributed by atoms with van der Waals surface area (Å²) in [4.78, 5) is 12.5. The van der Waals surface area contributed by atoms with Crippen molar-refractivity contribution < 1.29 is 14.6 Å². The summed E-state index contributed by atoms with van der Waals surface area (Å²) in [5.41, 5.74) is 0. The van der Waals surface area contributed by atoms with Crippen LogP contribution in [0.25, 0.3) is 0 Å². The second kappa shape index (κ2) is 10.6. The van der Waals surface area contributed by atoms with Crippen LogP contribution in [0.3, 0.4) is 0 Å². The Balaban J connectivity index is 0.00000324. The molecule has 0 amide bonds. The molecule has 0 fully saturated rings. The molecule has 4 nitrogen and oxygen atoms in total. The van der Waals surface area contributed by atoms with E-state index in [2.05, 4.69) is 4.90 Å². The third kappa shape index (κ3) is 9.33. The highest BCUT2D eigenvalue weighted by molar-refractivity contribution is 5.85. The van der Waals surface area contributed by atoms with Crippen molar-refractivity contribution in [2.24, 2.45) is 0 Å². The van der Waals surface area contributed by atoms with E-state index < -0.39 is 5.97 Å². The minimum atomic E-state index is -0.718. The number of ether oxygens (including phenoxy) is 1. The number of unbranched alkanes of at least 4 members (excludes halogenated alkanes) is 1. The zero-order valence-electron chi connectivity index (χ0n) is 11.2. The van der Waals surface area contributed by atoms with E-state index in [-0.39, 0.29) is 18.8 Å². The molecule has 0 bridgehead atoms. The lowest BCUT2D eigenvalue weighted by Crippen LogP contribution is -2.25. The van der Waals surface area contributed by atoms with Gasteiger partial charge in [0.15, 0.2) is 0 Å². The van der Waals surface area contributed by atoms with E-state index in [1.54, 1.807) is 0 Å². The molecule has 5 heteroatoms. The summed E-state index contributed by atoms with van der Waals surface area (Å²) in [5.74, 6) is 0.168. The van der Waals surface area contributed by atoms with Crippen LogP contribution in [-0.2, 0) is 4.79 Å². The van der Waals surface area contributed by atoms with Crippen LogP contribution in [0.2, 0.25) is 0 Å². The molecule has 0 aliphatic carbocycles. The first-order chi connectivity index (χ1) is 8.68. The molecule has 0 atom stereocenters. The molecule has 0 heterocycles. The molecule has 0 saturated carbocycles. The Hall–Kier alpha value is -1.26. The number of carboxylic acids is 1. The highest BCUT2D eigenvalue weighted by atomic mass is 35.5. The average Bonchev–Trinajstić information content (AvgIpc) is 2.36. The van der Waals surface area contributed by atoms with Crippen molar-refractivity contribution in [1.29, 1.82) is 0 Å². The van der Waals surface area contributed by atoms with Crippen molar-refractivity contribution in [2.45, 2.75) is 19.3 Å². The topological polar surface area (TPSA) is 49.8 Å². The highest BCUT2D eigenvalue weighted by Gasteiger charge is 2.01. The minimum Gasteiger partial charge on any atom is -0.492 e. The molecule has 0 aromatic heterocycles. The van der Waals surface area contributed by atoms with Gasteiger partial charge in [-0.3, -0.25) is 4.79 Å². The summed E-state index contributed by atoms with van der Waals surface area (Å²) in [7, 11) is 2.02. The Kier molecular flexibility index (Phi) is 9.94. The minimum absolute atomic E-state index is 0. The van der Waals surface area contributed by atoms with Gasteiger partial charge in [0.1, 0.15) is 12.4 Å². The van der Waals surface area contributed by atoms with Gasteiger partial charge in [-0.1, -0.05) is 18.2 Å². The lowest BCUT2D eigenvalue weighted by Gasteiger charge is -2.16. The first-order valence-corrected chi connectivity index (χ1v) is 6.26. The number of halogens is 1. The second-order valence-electron chi connectivity index (χ2n) is 4.32. The first kappa shape index (κ1) is 17.7. The predicted molar refractivity (Wildman–Crippen MR) is 78.2 cm³/mol. The molecule has 0 saturated heterocycles. The summed E-state index contributed by atoms with van der Waals surface area (Å²) >= 11 is 0. The van der Waals surface area contributed by atoms with Crippen LogP contribution in [0, 0.1) is 0 Å². The van der Waals surface area contributed by atoms with E-state index in [4.69, 9.17) is 9.84 Å². The van der Waals surface area contributed by atoms with Crippen molar-refractivity contribution in [2.75, 3.05) is 26.7 Å². The molecule has 1 N–H and O–H groups in total. The fraction of sp³-hybridized carbons (Fsp3) is 0.500. The van der Waals surface area contributed by atoms with E-state index in [1.165, 1.54) is 0 Å². The van der Waals surface area contributed by atoms with Crippen LogP contribution < -0.4 is 4.74 Å². The van der Waals surface area contributed by atoms with Crippen LogP contribution in [-0.4, -0.2) is 42.7 Å². The number of rotatable bonds is 9. The van der Waals surface area contributed by atoms with E-state index in [9.17, 15) is 4.79 Å². The summed E-state index contributed by atoms with van der Waals surface area (Å²) < 4.78 is 5.59. The third-order valence-corrected chi connectivity index (χ3v) is 2.67. The third-order valence-electron chi connectivity index (χ3n) is 2.67. The van der Waals surface area contributed by atoms with Crippen molar-refractivity contribution in [1.82, 2.24) is 4.90 Å². The number of nitrogens with zero attached hydrogens (tertiary/aromatic N) is 1. The lowest BCUT2D eigenvalue weighted by molar-refractivity contribution is -0.137. The summed E-state index contributed by atoms with van der Waals surface area (Å²) in [6.07, 6.45) is 1.90. The number of carbonyl (C=O) groups is 1.